The maximum Gasteiger partial charge on any atom is 1.00 e. The molecule has 0 bridgehead atoms. The Morgan fingerprint density at radius 3 is 2.23 bits per heavy atom. The number of alkyl halides is 3. The molecule has 0 spiro atoms. The summed E-state index contributed by atoms with van der Waals surface area (Å²) in [5.41, 5.74) is -0.870. The number of phenolic OH excluding ortho intramolecular Hbond substituents is 1. The zero-order valence-corrected chi connectivity index (χ0v) is 10.6. The molecule has 1 N–H and O–H groups in total. The molecule has 0 saturated heterocycles. The average molecular weight is 237 g/mol. The SMILES string of the molecule is Oc1ccc(C(F)(F)F)cc1Cl.[H-].[K+]. The number of halogens is 4. The van der Waals surface area contributed by atoms with Crippen LogP contribution in [0.1, 0.15) is 6.99 Å². The van der Waals surface area contributed by atoms with Gasteiger partial charge in [0.15, 0.2) is 0 Å². The van der Waals surface area contributed by atoms with Crippen molar-refractivity contribution in [1.82, 2.24) is 0 Å². The molecule has 1 nitrogen and oxygen atoms in total. The van der Waals surface area contributed by atoms with E-state index >= 15 is 0 Å². The Morgan fingerprint density at radius 2 is 1.85 bits per heavy atom. The Balaban J connectivity index is 0. The summed E-state index contributed by atoms with van der Waals surface area (Å²) in [7, 11) is 0. The van der Waals surface area contributed by atoms with Crippen molar-refractivity contribution in [3.8, 4) is 5.75 Å². The fourth-order valence-corrected chi connectivity index (χ4v) is 0.864. The third-order valence-electron chi connectivity index (χ3n) is 1.28. The van der Waals surface area contributed by atoms with Crippen molar-refractivity contribution in [3.63, 3.8) is 0 Å². The van der Waals surface area contributed by atoms with Crippen molar-refractivity contribution in [2.45, 2.75) is 6.18 Å². The van der Waals surface area contributed by atoms with E-state index in [1.807, 2.05) is 0 Å². The number of hydrogen-bond donors (Lipinski definition) is 1. The van der Waals surface area contributed by atoms with Crippen LogP contribution in [0.4, 0.5) is 13.2 Å². The molecule has 1 rings (SSSR count). The van der Waals surface area contributed by atoms with Crippen molar-refractivity contribution >= 4 is 11.6 Å². The summed E-state index contributed by atoms with van der Waals surface area (Å²) >= 11 is 5.27. The summed E-state index contributed by atoms with van der Waals surface area (Å²) < 4.78 is 35.9. The van der Waals surface area contributed by atoms with E-state index in [1.165, 1.54) is 0 Å². The van der Waals surface area contributed by atoms with Crippen molar-refractivity contribution < 1.29 is 71.1 Å². The molecule has 0 fully saturated rings. The minimum absolute atomic E-state index is 0. The van der Waals surface area contributed by atoms with E-state index in [1.54, 1.807) is 0 Å². The van der Waals surface area contributed by atoms with Gasteiger partial charge in [0.2, 0.25) is 0 Å². The molecule has 0 aliphatic rings. The molecule has 0 heterocycles. The van der Waals surface area contributed by atoms with Gasteiger partial charge in [-0.25, -0.2) is 0 Å². The Kier molecular flexibility index (Phi) is 5.28. The summed E-state index contributed by atoms with van der Waals surface area (Å²) in [5, 5.41) is 8.51. The molecule has 0 unspecified atom stereocenters. The molecule has 0 atom stereocenters. The quantitative estimate of drug-likeness (QED) is 0.638. The van der Waals surface area contributed by atoms with Crippen molar-refractivity contribution in [2.24, 2.45) is 0 Å². The fraction of sp³-hybridized carbons (Fsp3) is 0.143. The molecule has 0 saturated carbocycles. The number of hydrogen-bond acceptors (Lipinski definition) is 1. The van der Waals surface area contributed by atoms with Crippen LogP contribution in [-0.4, -0.2) is 5.11 Å². The van der Waals surface area contributed by atoms with Crippen LogP contribution in [0, 0.1) is 0 Å². The predicted octanol–water partition coefficient (Wildman–Crippen LogP) is 0.181. The summed E-state index contributed by atoms with van der Waals surface area (Å²) in [6.07, 6.45) is -4.42. The van der Waals surface area contributed by atoms with Crippen molar-refractivity contribution in [1.29, 1.82) is 0 Å². The largest absolute Gasteiger partial charge is 1.00 e. The average Bonchev–Trinajstić information content (AvgIpc) is 1.92. The van der Waals surface area contributed by atoms with Crippen LogP contribution in [0.5, 0.6) is 5.75 Å². The molecule has 1 aromatic rings. The van der Waals surface area contributed by atoms with E-state index in [4.69, 9.17) is 16.7 Å². The molecular weight excluding hydrogens is 232 g/mol. The van der Waals surface area contributed by atoms with Gasteiger partial charge >= 0.3 is 57.6 Å². The van der Waals surface area contributed by atoms with Crippen LogP contribution in [0.3, 0.4) is 0 Å². The van der Waals surface area contributed by atoms with Crippen molar-refractivity contribution in [3.05, 3.63) is 28.8 Å². The van der Waals surface area contributed by atoms with Crippen LogP contribution in [0.2, 0.25) is 5.02 Å². The minimum Gasteiger partial charge on any atom is -1.00 e. The van der Waals surface area contributed by atoms with E-state index in [-0.39, 0.29) is 63.6 Å². The van der Waals surface area contributed by atoms with Gasteiger partial charge in [-0.1, -0.05) is 11.6 Å². The second-order valence-electron chi connectivity index (χ2n) is 2.16. The molecule has 6 heteroatoms. The van der Waals surface area contributed by atoms with E-state index in [0.717, 1.165) is 12.1 Å². The summed E-state index contributed by atoms with van der Waals surface area (Å²) in [6.45, 7) is 0. The zero-order chi connectivity index (χ0) is 9.35. The molecule has 1 aromatic carbocycles. The molecule has 0 amide bonds. The second-order valence-corrected chi connectivity index (χ2v) is 2.57. The van der Waals surface area contributed by atoms with Gasteiger partial charge in [0.05, 0.1) is 10.6 Å². The van der Waals surface area contributed by atoms with Gasteiger partial charge in [-0.05, 0) is 18.2 Å². The maximum atomic E-state index is 12.0. The smallest absolute Gasteiger partial charge is 1.00 e. The van der Waals surface area contributed by atoms with Crippen LogP contribution in [0.25, 0.3) is 0 Å². The number of phenols is 1. The first kappa shape index (κ1) is 13.7. The first-order chi connectivity index (χ1) is 5.41. The third kappa shape index (κ3) is 3.77. The molecule has 68 valence electrons. The monoisotopic (exact) mass is 236 g/mol. The van der Waals surface area contributed by atoms with Crippen molar-refractivity contribution in [2.75, 3.05) is 0 Å². The van der Waals surface area contributed by atoms with Crippen LogP contribution < -0.4 is 51.4 Å². The Bertz CT molecular complexity index is 305. The Labute approximate surface area is 122 Å². The Morgan fingerprint density at radius 1 is 1.31 bits per heavy atom. The van der Waals surface area contributed by atoms with Gasteiger partial charge < -0.3 is 6.53 Å². The predicted molar refractivity (Wildman–Crippen MR) is 39.2 cm³/mol. The van der Waals surface area contributed by atoms with Gasteiger partial charge in [0.1, 0.15) is 5.75 Å². The minimum atomic E-state index is -4.42. The van der Waals surface area contributed by atoms with Crippen LogP contribution >= 0.6 is 11.6 Å². The van der Waals surface area contributed by atoms with Gasteiger partial charge in [0, 0.05) is 0 Å². The summed E-state index contributed by atoms with van der Waals surface area (Å²) in [6, 6.07) is 2.35. The number of rotatable bonds is 0. The molecule has 0 aromatic heterocycles. The number of aromatic hydroxyl groups is 1. The standard InChI is InChI=1S/C7H4ClF3O.K.H/c8-5-3-4(7(9,10)11)1-2-6(5)12;;/h1-3,12H;;/q;+1;-1. The van der Waals surface area contributed by atoms with Gasteiger partial charge in [0.25, 0.3) is 0 Å². The topological polar surface area (TPSA) is 20.2 Å². The number of benzene rings is 1. The summed E-state index contributed by atoms with van der Waals surface area (Å²) in [4.78, 5) is 0. The third-order valence-corrected chi connectivity index (χ3v) is 1.58. The fourth-order valence-electron chi connectivity index (χ4n) is 0.683. The summed E-state index contributed by atoms with van der Waals surface area (Å²) in [5.74, 6) is -0.357. The van der Waals surface area contributed by atoms with Crippen LogP contribution in [-0.2, 0) is 6.18 Å². The van der Waals surface area contributed by atoms with Gasteiger partial charge in [-0.2, -0.15) is 13.2 Å². The normalized spacial score (nSPS) is 10.8. The van der Waals surface area contributed by atoms with E-state index in [0.29, 0.717) is 6.07 Å². The zero-order valence-electron chi connectivity index (χ0n) is 7.69. The van der Waals surface area contributed by atoms with E-state index < -0.39 is 11.7 Å². The molecule has 13 heavy (non-hydrogen) atoms. The maximum absolute atomic E-state index is 12.0. The molecular formula is C7H5ClF3KO. The molecule has 0 aliphatic carbocycles. The van der Waals surface area contributed by atoms with E-state index in [2.05, 4.69) is 0 Å². The van der Waals surface area contributed by atoms with Gasteiger partial charge in [-0.15, -0.1) is 0 Å². The van der Waals surface area contributed by atoms with E-state index in [9.17, 15) is 13.2 Å². The second kappa shape index (κ2) is 5.00. The molecule has 0 aliphatic heterocycles. The first-order valence-electron chi connectivity index (χ1n) is 2.97. The Hall–Kier alpha value is 0.736. The first-order valence-corrected chi connectivity index (χ1v) is 3.35. The van der Waals surface area contributed by atoms with Crippen LogP contribution in [0.15, 0.2) is 18.2 Å². The molecule has 0 radical (unpaired) electrons. The van der Waals surface area contributed by atoms with Gasteiger partial charge in [-0.3, -0.25) is 0 Å².